The summed E-state index contributed by atoms with van der Waals surface area (Å²) in [5, 5.41) is 9.65. The van der Waals surface area contributed by atoms with E-state index in [1.165, 1.54) is 11.1 Å². The van der Waals surface area contributed by atoms with Gasteiger partial charge in [-0.15, -0.1) is 0 Å². The summed E-state index contributed by atoms with van der Waals surface area (Å²) in [7, 11) is 0. The summed E-state index contributed by atoms with van der Waals surface area (Å²) < 4.78 is 2.30. The lowest BCUT2D eigenvalue weighted by Crippen LogP contribution is -2.50. The second-order valence-electron chi connectivity index (χ2n) is 6.63. The van der Waals surface area contributed by atoms with Crippen LogP contribution in [0.1, 0.15) is 11.5 Å². The highest BCUT2D eigenvalue weighted by atomic mass is 32.2. The third kappa shape index (κ3) is 3.53. The van der Waals surface area contributed by atoms with Gasteiger partial charge in [0.25, 0.3) is 0 Å². The number of aliphatic hydroxyl groups excluding tert-OH is 1. The number of carbonyl (C=O) groups excluding carboxylic acids is 1. The summed E-state index contributed by atoms with van der Waals surface area (Å²) in [5.74, 6) is -0.439. The van der Waals surface area contributed by atoms with Crippen molar-refractivity contribution in [3.05, 3.63) is 71.6 Å². The molecule has 0 spiro atoms. The van der Waals surface area contributed by atoms with Crippen LogP contribution >= 0.6 is 11.9 Å². The minimum absolute atomic E-state index is 0.0176. The zero-order valence-electron chi connectivity index (χ0n) is 14.4. The maximum Gasteiger partial charge on any atom is 0.233 e. The molecule has 26 heavy (non-hydrogen) atoms. The highest BCUT2D eigenvalue weighted by Gasteiger charge is 2.35. The zero-order chi connectivity index (χ0) is 17.9. The van der Waals surface area contributed by atoms with E-state index in [1.807, 2.05) is 47.5 Å². The lowest BCUT2D eigenvalue weighted by atomic mass is 9.92. The van der Waals surface area contributed by atoms with E-state index in [9.17, 15) is 9.90 Å². The Bertz CT molecular complexity index is 794. The van der Waals surface area contributed by atoms with Crippen LogP contribution in [0.15, 0.2) is 70.9 Å². The summed E-state index contributed by atoms with van der Waals surface area (Å²) in [6, 6.07) is 13.5. The highest BCUT2D eigenvalue weighted by Crippen LogP contribution is 2.34. The minimum Gasteiger partial charge on any atom is -0.395 e. The number of amides is 1. The Balaban J connectivity index is 1.30. The van der Waals surface area contributed by atoms with Gasteiger partial charge in [0.1, 0.15) is 0 Å². The molecule has 1 aromatic heterocycles. The van der Waals surface area contributed by atoms with E-state index in [0.29, 0.717) is 13.1 Å². The summed E-state index contributed by atoms with van der Waals surface area (Å²) in [6.07, 6.45) is 3.65. The fourth-order valence-corrected chi connectivity index (χ4v) is 4.23. The molecule has 4 rings (SSSR count). The number of aromatic nitrogens is 1. The van der Waals surface area contributed by atoms with Gasteiger partial charge in [0.2, 0.25) is 5.91 Å². The second kappa shape index (κ2) is 7.61. The van der Waals surface area contributed by atoms with E-state index in [-0.39, 0.29) is 12.5 Å². The Morgan fingerprint density at radius 3 is 2.46 bits per heavy atom. The molecule has 134 valence electrons. The second-order valence-corrected chi connectivity index (χ2v) is 7.80. The number of carbonyl (C=O) groups is 1. The van der Waals surface area contributed by atoms with Crippen molar-refractivity contribution in [3.63, 3.8) is 0 Å². The molecule has 0 aliphatic carbocycles. The molecule has 1 amide bonds. The molecular formula is C20H21N3O2S. The Morgan fingerprint density at radius 2 is 1.81 bits per heavy atom. The quantitative estimate of drug-likeness (QED) is 0.649. The van der Waals surface area contributed by atoms with E-state index in [2.05, 4.69) is 15.4 Å². The van der Waals surface area contributed by atoms with Crippen LogP contribution in [0.4, 0.5) is 0 Å². The normalized spacial score (nSPS) is 18.3. The monoisotopic (exact) mass is 367 g/mol. The Hall–Kier alpha value is -2.15. The molecule has 1 aromatic carbocycles. The molecule has 2 aromatic rings. The van der Waals surface area contributed by atoms with Gasteiger partial charge >= 0.3 is 0 Å². The average Bonchev–Trinajstić information content (AvgIpc) is 2.60. The average molecular weight is 367 g/mol. The summed E-state index contributed by atoms with van der Waals surface area (Å²) in [4.78, 5) is 19.8. The molecule has 0 bridgehead atoms. The van der Waals surface area contributed by atoms with E-state index in [0.717, 1.165) is 23.5 Å². The lowest BCUT2D eigenvalue weighted by molar-refractivity contribution is -0.135. The first-order valence-electron chi connectivity index (χ1n) is 8.72. The van der Waals surface area contributed by atoms with Gasteiger partial charge in [-0.2, -0.15) is 0 Å². The van der Waals surface area contributed by atoms with Gasteiger partial charge in [-0.25, -0.2) is 4.31 Å². The summed E-state index contributed by atoms with van der Waals surface area (Å²) >= 11 is 1.72. The third-order valence-corrected chi connectivity index (χ3v) is 5.83. The number of pyridine rings is 1. The van der Waals surface area contributed by atoms with Crippen molar-refractivity contribution >= 4 is 17.9 Å². The van der Waals surface area contributed by atoms with E-state index >= 15 is 0 Å². The van der Waals surface area contributed by atoms with Crippen LogP contribution in [-0.4, -0.2) is 58.0 Å². The van der Waals surface area contributed by atoms with Crippen LogP contribution in [-0.2, 0) is 4.79 Å². The molecule has 2 saturated heterocycles. The van der Waals surface area contributed by atoms with Crippen molar-refractivity contribution < 1.29 is 9.90 Å². The SMILES string of the molecule is O=C(C(CO)c1ccccc1)N1CC(=C2CN(Sc3cccnc3)C2)C1. The number of hydrogen-bond acceptors (Lipinski definition) is 5. The first kappa shape index (κ1) is 17.3. The molecule has 5 nitrogen and oxygen atoms in total. The van der Waals surface area contributed by atoms with Crippen LogP contribution in [0, 0.1) is 0 Å². The van der Waals surface area contributed by atoms with Crippen LogP contribution in [0.3, 0.4) is 0 Å². The Kier molecular flexibility index (Phi) is 5.06. The Labute approximate surface area is 157 Å². The number of benzene rings is 1. The fourth-order valence-electron chi connectivity index (χ4n) is 3.24. The standard InChI is InChI=1S/C20H21N3O2S/c24-14-19(15-5-2-1-3-6-15)20(25)22-10-16(11-22)17-12-23(13-17)26-18-7-4-8-21-9-18/h1-9,19,24H,10-14H2. The molecule has 2 fully saturated rings. The minimum atomic E-state index is -0.457. The third-order valence-electron chi connectivity index (χ3n) is 4.86. The molecule has 3 heterocycles. The Morgan fingerprint density at radius 1 is 1.08 bits per heavy atom. The molecule has 6 heteroatoms. The number of rotatable bonds is 5. The largest absolute Gasteiger partial charge is 0.395 e. The van der Waals surface area contributed by atoms with Crippen LogP contribution in [0.5, 0.6) is 0 Å². The topological polar surface area (TPSA) is 56.7 Å². The van der Waals surface area contributed by atoms with E-state index in [4.69, 9.17) is 0 Å². The van der Waals surface area contributed by atoms with Crippen molar-refractivity contribution in [2.75, 3.05) is 32.8 Å². The number of nitrogens with zero attached hydrogens (tertiary/aromatic N) is 3. The molecule has 1 atom stereocenters. The first-order valence-corrected chi connectivity index (χ1v) is 9.49. The first-order chi connectivity index (χ1) is 12.7. The highest BCUT2D eigenvalue weighted by molar-refractivity contribution is 7.97. The summed E-state index contributed by atoms with van der Waals surface area (Å²) in [5.41, 5.74) is 3.68. The smallest absolute Gasteiger partial charge is 0.233 e. The van der Waals surface area contributed by atoms with Crippen molar-refractivity contribution in [1.82, 2.24) is 14.2 Å². The molecule has 2 aliphatic heterocycles. The van der Waals surface area contributed by atoms with Crippen molar-refractivity contribution in [2.45, 2.75) is 10.8 Å². The molecule has 0 radical (unpaired) electrons. The van der Waals surface area contributed by atoms with Gasteiger partial charge < -0.3 is 10.0 Å². The van der Waals surface area contributed by atoms with Crippen molar-refractivity contribution in [1.29, 1.82) is 0 Å². The van der Waals surface area contributed by atoms with Crippen molar-refractivity contribution in [2.24, 2.45) is 0 Å². The van der Waals surface area contributed by atoms with Gasteiger partial charge in [0.15, 0.2) is 0 Å². The maximum atomic E-state index is 12.7. The fraction of sp³-hybridized carbons (Fsp3) is 0.300. The number of likely N-dealkylation sites (tertiary alicyclic amines) is 1. The predicted octanol–water partition coefficient (Wildman–Crippen LogP) is 2.32. The zero-order valence-corrected chi connectivity index (χ0v) is 15.2. The predicted molar refractivity (Wildman–Crippen MR) is 102 cm³/mol. The molecule has 1 unspecified atom stereocenters. The number of aliphatic hydroxyl groups is 1. The molecule has 1 N–H and O–H groups in total. The number of hydrogen-bond donors (Lipinski definition) is 1. The van der Waals surface area contributed by atoms with E-state index < -0.39 is 5.92 Å². The van der Waals surface area contributed by atoms with Gasteiger partial charge in [-0.1, -0.05) is 30.3 Å². The molecular weight excluding hydrogens is 346 g/mol. The van der Waals surface area contributed by atoms with Crippen LogP contribution in [0.25, 0.3) is 0 Å². The lowest BCUT2D eigenvalue weighted by Gasteiger charge is -2.42. The van der Waals surface area contributed by atoms with Crippen molar-refractivity contribution in [3.8, 4) is 0 Å². The van der Waals surface area contributed by atoms with E-state index in [1.54, 1.807) is 18.1 Å². The molecule has 2 aliphatic rings. The van der Waals surface area contributed by atoms with Gasteiger partial charge in [-0.05, 0) is 40.8 Å². The van der Waals surface area contributed by atoms with Gasteiger partial charge in [0.05, 0.1) is 12.5 Å². The van der Waals surface area contributed by atoms with Gasteiger partial charge in [0, 0.05) is 43.5 Å². The summed E-state index contributed by atoms with van der Waals surface area (Å²) in [6.45, 7) is 3.13. The van der Waals surface area contributed by atoms with Crippen LogP contribution < -0.4 is 0 Å². The molecule has 0 saturated carbocycles. The van der Waals surface area contributed by atoms with Crippen LogP contribution in [0.2, 0.25) is 0 Å². The van der Waals surface area contributed by atoms with Gasteiger partial charge in [-0.3, -0.25) is 9.78 Å². The maximum absolute atomic E-state index is 12.7.